The summed E-state index contributed by atoms with van der Waals surface area (Å²) in [5.74, 6) is 0.711. The van der Waals surface area contributed by atoms with Crippen LogP contribution in [0.3, 0.4) is 0 Å². The van der Waals surface area contributed by atoms with Gasteiger partial charge in [0.25, 0.3) is 0 Å². The first-order chi connectivity index (χ1) is 9.75. The molecule has 0 aliphatic carbocycles. The molecule has 0 fully saturated rings. The van der Waals surface area contributed by atoms with Crippen molar-refractivity contribution in [1.29, 1.82) is 0 Å². The highest BCUT2D eigenvalue weighted by Crippen LogP contribution is 2.33. The molecular weight excluding hydrogens is 258 g/mol. The Kier molecular flexibility index (Phi) is 3.43. The summed E-state index contributed by atoms with van der Waals surface area (Å²) in [5.41, 5.74) is 0.887. The zero-order chi connectivity index (χ0) is 13.9. The van der Waals surface area contributed by atoms with Gasteiger partial charge < -0.3 is 19.6 Å². The molecule has 1 aromatic heterocycles. The molecule has 2 atom stereocenters. The smallest absolute Gasteiger partial charge is 0.231 e. The van der Waals surface area contributed by atoms with Crippen LogP contribution >= 0.6 is 0 Å². The van der Waals surface area contributed by atoms with E-state index in [0.717, 1.165) is 11.3 Å². The van der Waals surface area contributed by atoms with E-state index in [9.17, 15) is 9.90 Å². The van der Waals surface area contributed by atoms with Crippen LogP contribution in [0.4, 0.5) is 0 Å². The molecular formula is C15H15NO4. The second-order valence-corrected chi connectivity index (χ2v) is 4.68. The minimum Gasteiger partial charge on any atom is -0.492 e. The van der Waals surface area contributed by atoms with Crippen LogP contribution in [0.2, 0.25) is 0 Å². The lowest BCUT2D eigenvalue weighted by molar-refractivity contribution is -0.123. The maximum absolute atomic E-state index is 12.1. The van der Waals surface area contributed by atoms with Crippen molar-refractivity contribution in [2.24, 2.45) is 0 Å². The van der Waals surface area contributed by atoms with Gasteiger partial charge in [0.1, 0.15) is 30.1 Å². The minimum atomic E-state index is -0.841. The quantitative estimate of drug-likeness (QED) is 0.887. The number of amides is 1. The molecule has 0 bridgehead atoms. The van der Waals surface area contributed by atoms with Crippen molar-refractivity contribution in [1.82, 2.24) is 5.32 Å². The molecule has 2 aromatic rings. The first-order valence-electron chi connectivity index (χ1n) is 6.46. The van der Waals surface area contributed by atoms with Gasteiger partial charge in [0.15, 0.2) is 0 Å². The largest absolute Gasteiger partial charge is 0.492 e. The third-order valence-electron chi connectivity index (χ3n) is 3.36. The number of furan rings is 1. The van der Waals surface area contributed by atoms with Gasteiger partial charge in [0.05, 0.1) is 12.8 Å². The fourth-order valence-corrected chi connectivity index (χ4v) is 2.28. The van der Waals surface area contributed by atoms with E-state index in [-0.39, 0.29) is 18.4 Å². The van der Waals surface area contributed by atoms with Crippen LogP contribution in [0.1, 0.15) is 23.3 Å². The fraction of sp³-hybridized carbons (Fsp3) is 0.267. The van der Waals surface area contributed by atoms with Crippen LogP contribution in [0.5, 0.6) is 5.75 Å². The Hall–Kier alpha value is -2.27. The Bertz CT molecular complexity index is 594. The standard InChI is InChI=1S/C15H15NO4/c17-12(14-6-3-7-19-14)8-16-15(18)11-9-20-13-5-2-1-4-10(11)13/h1-7,11-12,17H,8-9H2,(H,16,18)/t11-,12+/m0/s1. The molecule has 104 valence electrons. The monoisotopic (exact) mass is 273 g/mol. The number of aliphatic hydroxyl groups is 1. The Balaban J connectivity index is 1.61. The number of benzene rings is 1. The van der Waals surface area contributed by atoms with Crippen LogP contribution in [0.25, 0.3) is 0 Å². The van der Waals surface area contributed by atoms with Crippen molar-refractivity contribution < 1.29 is 19.1 Å². The molecule has 1 aliphatic heterocycles. The Morgan fingerprint density at radius 1 is 1.35 bits per heavy atom. The highest BCUT2D eigenvalue weighted by atomic mass is 16.5. The average molecular weight is 273 g/mol. The van der Waals surface area contributed by atoms with Gasteiger partial charge in [-0.05, 0) is 18.2 Å². The molecule has 3 rings (SSSR count). The Labute approximate surface area is 116 Å². The van der Waals surface area contributed by atoms with E-state index in [2.05, 4.69) is 5.32 Å². The predicted octanol–water partition coefficient (Wildman–Crippen LogP) is 1.61. The van der Waals surface area contributed by atoms with E-state index in [1.54, 1.807) is 12.1 Å². The van der Waals surface area contributed by atoms with Crippen molar-refractivity contribution in [2.45, 2.75) is 12.0 Å². The first kappa shape index (κ1) is 12.7. The molecule has 1 aliphatic rings. The van der Waals surface area contributed by atoms with Crippen LogP contribution in [0.15, 0.2) is 47.1 Å². The first-order valence-corrected chi connectivity index (χ1v) is 6.46. The van der Waals surface area contributed by atoms with Crippen molar-refractivity contribution >= 4 is 5.91 Å². The van der Waals surface area contributed by atoms with Crippen LogP contribution in [0, 0.1) is 0 Å². The van der Waals surface area contributed by atoms with Gasteiger partial charge in [-0.3, -0.25) is 4.79 Å². The lowest BCUT2D eigenvalue weighted by Crippen LogP contribution is -2.33. The minimum absolute atomic E-state index is 0.116. The van der Waals surface area contributed by atoms with Crippen LogP contribution in [-0.2, 0) is 4.79 Å². The number of aliphatic hydroxyl groups excluding tert-OH is 1. The molecule has 2 heterocycles. The molecule has 0 saturated carbocycles. The van der Waals surface area contributed by atoms with Gasteiger partial charge >= 0.3 is 0 Å². The Morgan fingerprint density at radius 3 is 3.00 bits per heavy atom. The average Bonchev–Trinajstić information content (AvgIpc) is 3.13. The maximum atomic E-state index is 12.1. The topological polar surface area (TPSA) is 71.7 Å². The molecule has 2 N–H and O–H groups in total. The highest BCUT2D eigenvalue weighted by molar-refractivity contribution is 5.85. The van der Waals surface area contributed by atoms with E-state index in [1.807, 2.05) is 24.3 Å². The number of hydrogen-bond donors (Lipinski definition) is 2. The number of para-hydroxylation sites is 1. The van der Waals surface area contributed by atoms with Gasteiger partial charge in [-0.2, -0.15) is 0 Å². The van der Waals surface area contributed by atoms with Gasteiger partial charge in [0.2, 0.25) is 5.91 Å². The second-order valence-electron chi connectivity index (χ2n) is 4.68. The highest BCUT2D eigenvalue weighted by Gasteiger charge is 2.30. The summed E-state index contributed by atoms with van der Waals surface area (Å²) in [7, 11) is 0. The molecule has 1 aromatic carbocycles. The summed E-state index contributed by atoms with van der Waals surface area (Å²) < 4.78 is 10.6. The van der Waals surface area contributed by atoms with E-state index < -0.39 is 6.10 Å². The number of hydrogen-bond acceptors (Lipinski definition) is 4. The van der Waals surface area contributed by atoms with Gasteiger partial charge in [-0.1, -0.05) is 18.2 Å². The molecule has 5 nitrogen and oxygen atoms in total. The van der Waals surface area contributed by atoms with Gasteiger partial charge in [-0.25, -0.2) is 0 Å². The predicted molar refractivity (Wildman–Crippen MR) is 71.4 cm³/mol. The van der Waals surface area contributed by atoms with E-state index in [0.29, 0.717) is 12.4 Å². The summed E-state index contributed by atoms with van der Waals surface area (Å²) in [4.78, 5) is 12.1. The molecule has 0 unspecified atom stereocenters. The molecule has 20 heavy (non-hydrogen) atoms. The fourth-order valence-electron chi connectivity index (χ4n) is 2.28. The zero-order valence-electron chi connectivity index (χ0n) is 10.8. The van der Waals surface area contributed by atoms with Crippen LogP contribution < -0.4 is 10.1 Å². The summed E-state index contributed by atoms with van der Waals surface area (Å²) in [6, 6.07) is 10.9. The van der Waals surface area contributed by atoms with E-state index in [1.165, 1.54) is 6.26 Å². The van der Waals surface area contributed by atoms with Gasteiger partial charge in [0, 0.05) is 5.56 Å². The number of rotatable bonds is 4. The number of fused-ring (bicyclic) bond motifs is 1. The molecule has 0 radical (unpaired) electrons. The lowest BCUT2D eigenvalue weighted by Gasteiger charge is -2.12. The summed E-state index contributed by atoms with van der Waals surface area (Å²) in [5, 5.41) is 12.6. The summed E-state index contributed by atoms with van der Waals surface area (Å²) in [6.07, 6.45) is 0.646. The van der Waals surface area contributed by atoms with Crippen LogP contribution in [-0.4, -0.2) is 24.2 Å². The number of nitrogens with one attached hydrogen (secondary N) is 1. The Morgan fingerprint density at radius 2 is 2.20 bits per heavy atom. The van der Waals surface area contributed by atoms with Gasteiger partial charge in [-0.15, -0.1) is 0 Å². The molecule has 0 spiro atoms. The normalized spacial score (nSPS) is 18.1. The number of carbonyl (C=O) groups is 1. The van der Waals surface area contributed by atoms with E-state index in [4.69, 9.17) is 9.15 Å². The molecule has 1 amide bonds. The molecule has 0 saturated heterocycles. The number of carbonyl (C=O) groups excluding carboxylic acids is 1. The molecule has 5 heteroatoms. The second kappa shape index (κ2) is 5.38. The van der Waals surface area contributed by atoms with Crippen molar-refractivity contribution in [3.05, 3.63) is 54.0 Å². The zero-order valence-corrected chi connectivity index (χ0v) is 10.8. The van der Waals surface area contributed by atoms with E-state index >= 15 is 0 Å². The maximum Gasteiger partial charge on any atom is 0.231 e. The SMILES string of the molecule is O=C(NC[C@@H](O)c1ccco1)[C@H]1COc2ccccc21. The third kappa shape index (κ3) is 2.40. The van der Waals surface area contributed by atoms with Crippen molar-refractivity contribution in [3.63, 3.8) is 0 Å². The van der Waals surface area contributed by atoms with Crippen molar-refractivity contribution in [3.8, 4) is 5.75 Å². The third-order valence-corrected chi connectivity index (χ3v) is 3.36. The lowest BCUT2D eigenvalue weighted by atomic mass is 10.0. The summed E-state index contributed by atoms with van der Waals surface area (Å²) >= 11 is 0. The van der Waals surface area contributed by atoms with Crippen molar-refractivity contribution in [2.75, 3.05) is 13.2 Å². The number of ether oxygens (including phenoxy) is 1. The summed E-state index contributed by atoms with van der Waals surface area (Å²) in [6.45, 7) is 0.451.